The normalized spacial score (nSPS) is 28.0. The number of carbonyl (C=O) groups is 1. The highest BCUT2D eigenvalue weighted by atomic mass is 16.1. The zero-order valence-corrected chi connectivity index (χ0v) is 8.73. The molecule has 1 aliphatic carbocycles. The summed E-state index contributed by atoms with van der Waals surface area (Å²) in [6, 6.07) is 2.03. The average Bonchev–Trinajstić information content (AvgIpc) is 2.56. The van der Waals surface area contributed by atoms with Gasteiger partial charge in [-0.15, -0.1) is 0 Å². The van der Waals surface area contributed by atoms with E-state index in [9.17, 15) is 4.79 Å². The number of Topliss-reactive ketones (excluding diaryl/α,β-unsaturated/α-hetero) is 1. The zero-order chi connectivity index (χ0) is 10.1. The van der Waals surface area contributed by atoms with E-state index in [0.29, 0.717) is 24.0 Å². The molecule has 1 fully saturated rings. The molecule has 0 aromatic carbocycles. The third-order valence-electron chi connectivity index (χ3n) is 3.13. The zero-order valence-electron chi connectivity index (χ0n) is 8.73. The summed E-state index contributed by atoms with van der Waals surface area (Å²) in [7, 11) is 1.92. The Morgan fingerprint density at radius 3 is 3.00 bits per heavy atom. The van der Waals surface area contributed by atoms with Gasteiger partial charge >= 0.3 is 0 Å². The van der Waals surface area contributed by atoms with Crippen LogP contribution in [-0.2, 0) is 11.8 Å². The summed E-state index contributed by atoms with van der Waals surface area (Å²) in [5.41, 5.74) is 1.08. The van der Waals surface area contributed by atoms with Gasteiger partial charge in [-0.1, -0.05) is 6.92 Å². The lowest BCUT2D eigenvalue weighted by molar-refractivity contribution is -0.121. The van der Waals surface area contributed by atoms with Crippen LogP contribution in [0.1, 0.15) is 37.8 Å². The van der Waals surface area contributed by atoms with Gasteiger partial charge in [0.1, 0.15) is 5.78 Å². The molecule has 14 heavy (non-hydrogen) atoms. The van der Waals surface area contributed by atoms with Gasteiger partial charge < -0.3 is 0 Å². The van der Waals surface area contributed by atoms with Crippen LogP contribution in [0.4, 0.5) is 0 Å². The van der Waals surface area contributed by atoms with Gasteiger partial charge in [-0.2, -0.15) is 5.10 Å². The van der Waals surface area contributed by atoms with Gasteiger partial charge in [0.25, 0.3) is 0 Å². The topological polar surface area (TPSA) is 34.9 Å². The first-order valence-corrected chi connectivity index (χ1v) is 5.18. The summed E-state index contributed by atoms with van der Waals surface area (Å²) in [6.45, 7) is 2.21. The van der Waals surface area contributed by atoms with Gasteiger partial charge in [-0.05, 0) is 18.4 Å². The highest BCUT2D eigenvalue weighted by molar-refractivity contribution is 5.80. The fraction of sp³-hybridized carbons (Fsp3) is 0.636. The SMILES string of the molecule is CC1CCC(=O)CC1c1ccn(C)n1. The second kappa shape index (κ2) is 3.56. The third kappa shape index (κ3) is 1.72. The second-order valence-corrected chi connectivity index (χ2v) is 4.28. The van der Waals surface area contributed by atoms with Crippen LogP contribution in [0.3, 0.4) is 0 Å². The molecule has 0 bridgehead atoms. The Kier molecular flexibility index (Phi) is 2.40. The molecule has 0 amide bonds. The molecule has 2 rings (SSSR count). The molecule has 2 atom stereocenters. The molecule has 2 unspecified atom stereocenters. The maximum atomic E-state index is 11.4. The fourth-order valence-corrected chi connectivity index (χ4v) is 2.17. The Hall–Kier alpha value is -1.12. The number of ketones is 1. The number of hydrogen-bond acceptors (Lipinski definition) is 2. The second-order valence-electron chi connectivity index (χ2n) is 4.28. The van der Waals surface area contributed by atoms with Crippen LogP contribution in [0.5, 0.6) is 0 Å². The number of rotatable bonds is 1. The van der Waals surface area contributed by atoms with E-state index < -0.39 is 0 Å². The Labute approximate surface area is 84.1 Å². The molecule has 1 aromatic rings. The molecular weight excluding hydrogens is 176 g/mol. The van der Waals surface area contributed by atoms with Crippen molar-refractivity contribution in [3.8, 4) is 0 Å². The Bertz CT molecular complexity index is 343. The summed E-state index contributed by atoms with van der Waals surface area (Å²) < 4.78 is 1.81. The lowest BCUT2D eigenvalue weighted by atomic mass is 9.78. The van der Waals surface area contributed by atoms with Crippen LogP contribution >= 0.6 is 0 Å². The molecule has 3 nitrogen and oxygen atoms in total. The monoisotopic (exact) mass is 192 g/mol. The summed E-state index contributed by atoms with van der Waals surface area (Å²) in [6.07, 6.45) is 4.39. The highest BCUT2D eigenvalue weighted by Crippen LogP contribution is 2.34. The van der Waals surface area contributed by atoms with E-state index in [1.165, 1.54) is 0 Å². The molecule has 0 saturated heterocycles. The number of carbonyl (C=O) groups excluding carboxylic acids is 1. The van der Waals surface area contributed by atoms with Crippen molar-refractivity contribution in [2.45, 2.75) is 32.1 Å². The molecule has 0 radical (unpaired) electrons. The summed E-state index contributed by atoms with van der Waals surface area (Å²) >= 11 is 0. The molecular formula is C11H16N2O. The van der Waals surface area contributed by atoms with Crippen molar-refractivity contribution >= 4 is 5.78 Å². The van der Waals surface area contributed by atoms with Crippen molar-refractivity contribution in [2.24, 2.45) is 13.0 Å². The van der Waals surface area contributed by atoms with E-state index in [2.05, 4.69) is 12.0 Å². The highest BCUT2D eigenvalue weighted by Gasteiger charge is 2.28. The van der Waals surface area contributed by atoms with Gasteiger partial charge in [0.15, 0.2) is 0 Å². The molecule has 3 heteroatoms. The molecule has 1 saturated carbocycles. The lowest BCUT2D eigenvalue weighted by Gasteiger charge is -2.26. The third-order valence-corrected chi connectivity index (χ3v) is 3.13. The maximum absolute atomic E-state index is 11.4. The van der Waals surface area contributed by atoms with Crippen LogP contribution in [0.25, 0.3) is 0 Å². The maximum Gasteiger partial charge on any atom is 0.133 e. The van der Waals surface area contributed by atoms with Gasteiger partial charge in [0, 0.05) is 32.0 Å². The molecule has 0 N–H and O–H groups in total. The smallest absolute Gasteiger partial charge is 0.133 e. The number of hydrogen-bond donors (Lipinski definition) is 0. The first kappa shape index (κ1) is 9.44. The summed E-state index contributed by atoms with van der Waals surface area (Å²) in [5.74, 6) is 1.32. The van der Waals surface area contributed by atoms with E-state index in [-0.39, 0.29) is 0 Å². The van der Waals surface area contributed by atoms with Crippen molar-refractivity contribution in [3.63, 3.8) is 0 Å². The number of aryl methyl sites for hydroxylation is 1. The Morgan fingerprint density at radius 1 is 1.57 bits per heavy atom. The molecule has 76 valence electrons. The van der Waals surface area contributed by atoms with Gasteiger partial charge in [-0.3, -0.25) is 9.48 Å². The van der Waals surface area contributed by atoms with Crippen LogP contribution < -0.4 is 0 Å². The van der Waals surface area contributed by atoms with E-state index in [0.717, 1.165) is 18.5 Å². The summed E-state index contributed by atoms with van der Waals surface area (Å²) in [4.78, 5) is 11.4. The van der Waals surface area contributed by atoms with Crippen LogP contribution in [0.2, 0.25) is 0 Å². The standard InChI is InChI=1S/C11H16N2O/c1-8-3-4-9(14)7-10(8)11-5-6-13(2)12-11/h5-6,8,10H,3-4,7H2,1-2H3. The van der Waals surface area contributed by atoms with Crippen molar-refractivity contribution in [3.05, 3.63) is 18.0 Å². The molecule has 1 aromatic heterocycles. The van der Waals surface area contributed by atoms with Crippen molar-refractivity contribution < 1.29 is 4.79 Å². The van der Waals surface area contributed by atoms with Gasteiger partial charge in [-0.25, -0.2) is 0 Å². The minimum Gasteiger partial charge on any atom is -0.300 e. The Morgan fingerprint density at radius 2 is 2.36 bits per heavy atom. The van der Waals surface area contributed by atoms with Crippen molar-refractivity contribution in [1.82, 2.24) is 9.78 Å². The minimum atomic E-state index is 0.345. The van der Waals surface area contributed by atoms with Gasteiger partial charge in [0.05, 0.1) is 5.69 Å². The first-order valence-electron chi connectivity index (χ1n) is 5.18. The van der Waals surface area contributed by atoms with Crippen LogP contribution in [0.15, 0.2) is 12.3 Å². The largest absolute Gasteiger partial charge is 0.300 e. The lowest BCUT2D eigenvalue weighted by Crippen LogP contribution is -2.21. The fourth-order valence-electron chi connectivity index (χ4n) is 2.17. The predicted octanol–water partition coefficient (Wildman–Crippen LogP) is 1.89. The number of aromatic nitrogens is 2. The molecule has 0 aliphatic heterocycles. The van der Waals surface area contributed by atoms with E-state index >= 15 is 0 Å². The van der Waals surface area contributed by atoms with Crippen LogP contribution in [0, 0.1) is 5.92 Å². The van der Waals surface area contributed by atoms with E-state index in [4.69, 9.17) is 0 Å². The quantitative estimate of drug-likeness (QED) is 0.681. The molecule has 0 spiro atoms. The first-order chi connectivity index (χ1) is 6.66. The van der Waals surface area contributed by atoms with Crippen molar-refractivity contribution in [1.29, 1.82) is 0 Å². The number of nitrogens with zero attached hydrogens (tertiary/aromatic N) is 2. The van der Waals surface area contributed by atoms with Gasteiger partial charge in [0.2, 0.25) is 0 Å². The summed E-state index contributed by atoms with van der Waals surface area (Å²) in [5, 5.41) is 4.38. The van der Waals surface area contributed by atoms with Crippen LogP contribution in [-0.4, -0.2) is 15.6 Å². The minimum absolute atomic E-state index is 0.345. The van der Waals surface area contributed by atoms with E-state index in [1.54, 1.807) is 4.68 Å². The average molecular weight is 192 g/mol. The predicted molar refractivity (Wildman–Crippen MR) is 54.0 cm³/mol. The Balaban J connectivity index is 2.19. The van der Waals surface area contributed by atoms with E-state index in [1.807, 2.05) is 19.3 Å². The van der Waals surface area contributed by atoms with Crippen molar-refractivity contribution in [2.75, 3.05) is 0 Å². The molecule has 1 heterocycles. The molecule has 1 aliphatic rings.